The molecule has 18 heavy (non-hydrogen) atoms. The van der Waals surface area contributed by atoms with Crippen molar-refractivity contribution in [2.24, 2.45) is 0 Å². The number of hydrogen-bond donors (Lipinski definition) is 0. The van der Waals surface area contributed by atoms with Gasteiger partial charge in [-0.1, -0.05) is 36.4 Å². The highest BCUT2D eigenvalue weighted by atomic mass is 31.1. The van der Waals surface area contributed by atoms with Gasteiger partial charge >= 0.3 is 0 Å². The van der Waals surface area contributed by atoms with Gasteiger partial charge in [0.05, 0.1) is 0 Å². The van der Waals surface area contributed by atoms with Gasteiger partial charge in [-0.15, -0.1) is 8.58 Å². The third-order valence-corrected chi connectivity index (χ3v) is 3.00. The summed E-state index contributed by atoms with van der Waals surface area (Å²) < 4.78 is 2.37. The van der Waals surface area contributed by atoms with Crippen LogP contribution in [0.3, 0.4) is 0 Å². The number of para-hydroxylation sites is 2. The predicted molar refractivity (Wildman–Crippen MR) is 85.3 cm³/mol. The highest BCUT2D eigenvalue weighted by Crippen LogP contribution is 2.28. The lowest BCUT2D eigenvalue weighted by molar-refractivity contribution is 0.827. The van der Waals surface area contributed by atoms with E-state index in [4.69, 9.17) is 0 Å². The molecular formula is C16H20NP. The molecule has 0 radical (unpaired) electrons. The number of rotatable bonds is 1. The van der Waals surface area contributed by atoms with Crippen LogP contribution in [-0.2, 0) is 6.54 Å². The van der Waals surface area contributed by atoms with Crippen LogP contribution >= 0.6 is 8.58 Å². The van der Waals surface area contributed by atoms with E-state index in [1.54, 1.807) is 0 Å². The van der Waals surface area contributed by atoms with E-state index in [0.717, 1.165) is 15.1 Å². The molecule has 2 heteroatoms. The molecule has 3 aromatic rings. The Morgan fingerprint density at radius 2 is 1.22 bits per heavy atom. The van der Waals surface area contributed by atoms with Crippen LogP contribution < -0.4 is 0 Å². The van der Waals surface area contributed by atoms with Crippen LogP contribution in [-0.4, -0.2) is 17.9 Å². The van der Waals surface area contributed by atoms with Gasteiger partial charge in [0, 0.05) is 28.4 Å². The second kappa shape index (κ2) is 6.02. The van der Waals surface area contributed by atoms with Crippen molar-refractivity contribution < 1.29 is 0 Å². The van der Waals surface area contributed by atoms with Crippen molar-refractivity contribution in [3.8, 4) is 0 Å². The lowest BCUT2D eigenvalue weighted by Gasteiger charge is -2.01. The van der Waals surface area contributed by atoms with Crippen LogP contribution in [0.5, 0.6) is 0 Å². The van der Waals surface area contributed by atoms with Gasteiger partial charge in [0.1, 0.15) is 0 Å². The van der Waals surface area contributed by atoms with Gasteiger partial charge in [0.25, 0.3) is 0 Å². The van der Waals surface area contributed by atoms with E-state index >= 15 is 0 Å². The minimum atomic E-state index is 1.02. The first kappa shape index (κ1) is 13.1. The molecule has 2 aromatic carbocycles. The molecule has 0 N–H and O–H groups in total. The number of fused-ring (bicyclic) bond motifs is 3. The molecule has 0 unspecified atom stereocenters. The highest BCUT2D eigenvalue weighted by Gasteiger charge is 2.06. The monoisotopic (exact) mass is 257 g/mol. The fourth-order valence-corrected chi connectivity index (χ4v) is 2.34. The number of hydrogen-bond acceptors (Lipinski definition) is 0. The molecule has 1 heterocycles. The van der Waals surface area contributed by atoms with E-state index in [1.165, 1.54) is 21.8 Å². The molecule has 1 aromatic heterocycles. The van der Waals surface area contributed by atoms with Crippen molar-refractivity contribution in [1.29, 1.82) is 0 Å². The second-order valence-electron chi connectivity index (χ2n) is 4.28. The summed E-state index contributed by atoms with van der Waals surface area (Å²) in [5, 5.41) is 2.71. The third-order valence-electron chi connectivity index (χ3n) is 3.00. The van der Waals surface area contributed by atoms with Crippen LogP contribution in [0.2, 0.25) is 0 Å². The summed E-state index contributed by atoms with van der Waals surface area (Å²) in [6, 6.07) is 17.2. The first-order valence-electron chi connectivity index (χ1n) is 6.38. The molecule has 1 nitrogen and oxygen atoms in total. The van der Waals surface area contributed by atoms with Crippen LogP contribution in [0.15, 0.2) is 48.5 Å². The molecular weight excluding hydrogens is 237 g/mol. The molecule has 0 aliphatic heterocycles. The zero-order valence-corrected chi connectivity index (χ0v) is 12.3. The number of benzene rings is 2. The van der Waals surface area contributed by atoms with Gasteiger partial charge in [-0.2, -0.15) is 0 Å². The highest BCUT2D eigenvalue weighted by molar-refractivity contribution is 7.35. The van der Waals surface area contributed by atoms with Gasteiger partial charge in [-0.05, 0) is 32.4 Å². The van der Waals surface area contributed by atoms with Crippen molar-refractivity contribution >= 4 is 30.4 Å². The molecule has 0 aliphatic rings. The molecule has 0 saturated carbocycles. The summed E-state index contributed by atoms with van der Waals surface area (Å²) in [5.41, 5.74) is 2.67. The SMILES string of the molecule is CCn1c2ccccc2c2ccccc21.CPC. The molecule has 0 bridgehead atoms. The Morgan fingerprint density at radius 1 is 0.833 bits per heavy atom. The van der Waals surface area contributed by atoms with Crippen LogP contribution in [0.4, 0.5) is 0 Å². The van der Waals surface area contributed by atoms with E-state index in [1.807, 2.05) is 0 Å². The average molecular weight is 257 g/mol. The summed E-state index contributed by atoms with van der Waals surface area (Å²) in [6.45, 7) is 7.52. The van der Waals surface area contributed by atoms with Gasteiger partial charge < -0.3 is 4.57 Å². The summed E-state index contributed by atoms with van der Waals surface area (Å²) >= 11 is 0. The maximum atomic E-state index is 2.37. The van der Waals surface area contributed by atoms with E-state index in [9.17, 15) is 0 Å². The van der Waals surface area contributed by atoms with Crippen molar-refractivity contribution in [2.75, 3.05) is 13.3 Å². The van der Waals surface area contributed by atoms with E-state index < -0.39 is 0 Å². The van der Waals surface area contributed by atoms with Gasteiger partial charge in [-0.3, -0.25) is 0 Å². The predicted octanol–water partition coefficient (Wildman–Crippen LogP) is 4.74. The lowest BCUT2D eigenvalue weighted by atomic mass is 10.2. The van der Waals surface area contributed by atoms with Crippen molar-refractivity contribution in [1.82, 2.24) is 4.57 Å². The first-order chi connectivity index (χ1) is 8.83. The number of nitrogens with zero attached hydrogens (tertiary/aromatic N) is 1. The number of aryl methyl sites for hydroxylation is 1. The molecule has 0 amide bonds. The minimum Gasteiger partial charge on any atom is -0.341 e. The van der Waals surface area contributed by atoms with Crippen LogP contribution in [0.25, 0.3) is 21.8 Å². The molecule has 3 rings (SSSR count). The summed E-state index contributed by atoms with van der Waals surface area (Å²) in [5.74, 6) is 0. The van der Waals surface area contributed by atoms with Gasteiger partial charge in [0.2, 0.25) is 0 Å². The van der Waals surface area contributed by atoms with E-state index in [0.29, 0.717) is 0 Å². The van der Waals surface area contributed by atoms with E-state index in [-0.39, 0.29) is 0 Å². The molecule has 0 atom stereocenters. The van der Waals surface area contributed by atoms with Crippen LogP contribution in [0.1, 0.15) is 6.92 Å². The first-order valence-corrected chi connectivity index (χ1v) is 8.38. The molecule has 0 fully saturated rings. The largest absolute Gasteiger partial charge is 0.341 e. The Morgan fingerprint density at radius 3 is 1.61 bits per heavy atom. The Bertz CT molecular complexity index is 586. The van der Waals surface area contributed by atoms with Gasteiger partial charge in [0.15, 0.2) is 0 Å². The second-order valence-corrected chi connectivity index (χ2v) is 5.28. The molecule has 94 valence electrons. The Hall–Kier alpha value is -1.33. The van der Waals surface area contributed by atoms with Gasteiger partial charge in [-0.25, -0.2) is 0 Å². The Kier molecular flexibility index (Phi) is 4.38. The molecule has 0 saturated heterocycles. The molecule has 0 aliphatic carbocycles. The minimum absolute atomic E-state index is 1.02. The maximum absolute atomic E-state index is 2.37. The van der Waals surface area contributed by atoms with Crippen molar-refractivity contribution in [2.45, 2.75) is 13.5 Å². The average Bonchev–Trinajstić information content (AvgIpc) is 2.73. The zero-order valence-electron chi connectivity index (χ0n) is 11.3. The van der Waals surface area contributed by atoms with Crippen LogP contribution in [0, 0.1) is 0 Å². The smallest absolute Gasteiger partial charge is 0.0491 e. The normalized spacial score (nSPS) is 10.4. The number of aromatic nitrogens is 1. The lowest BCUT2D eigenvalue weighted by Crippen LogP contribution is -1.91. The standard InChI is InChI=1S/C14H13N.C2H7P/c1-2-15-13-9-5-3-7-11(13)12-8-4-6-10-14(12)15;1-3-2/h3-10H,2H2,1H3;3H,1-2H3. The maximum Gasteiger partial charge on any atom is 0.0491 e. The third kappa shape index (κ3) is 2.28. The Balaban J connectivity index is 0.000000367. The topological polar surface area (TPSA) is 4.93 Å². The quantitative estimate of drug-likeness (QED) is 0.555. The summed E-state index contributed by atoms with van der Waals surface area (Å²) in [7, 11) is 1.08. The summed E-state index contributed by atoms with van der Waals surface area (Å²) in [4.78, 5) is 0. The zero-order chi connectivity index (χ0) is 13.0. The van der Waals surface area contributed by atoms with E-state index in [2.05, 4.69) is 73.4 Å². The fraction of sp³-hybridized carbons (Fsp3) is 0.250. The van der Waals surface area contributed by atoms with Crippen molar-refractivity contribution in [3.63, 3.8) is 0 Å². The molecule has 0 spiro atoms. The summed E-state index contributed by atoms with van der Waals surface area (Å²) in [6.07, 6.45) is 0. The Labute approximate surface area is 111 Å². The fourth-order valence-electron chi connectivity index (χ4n) is 2.34. The van der Waals surface area contributed by atoms with Crippen molar-refractivity contribution in [3.05, 3.63) is 48.5 Å².